The van der Waals surface area contributed by atoms with E-state index in [2.05, 4.69) is 20.8 Å². The summed E-state index contributed by atoms with van der Waals surface area (Å²) in [6, 6.07) is 14.9. The fourth-order valence-electron chi connectivity index (χ4n) is 4.16. The van der Waals surface area contributed by atoms with E-state index in [9.17, 15) is 4.79 Å². The number of aromatic nitrogens is 4. The number of rotatable bonds is 6. The Labute approximate surface area is 191 Å². The zero-order valence-corrected chi connectivity index (χ0v) is 18.7. The number of hydrogen-bond donors (Lipinski definition) is 1. The highest BCUT2D eigenvalue weighted by atomic mass is 16.6. The van der Waals surface area contributed by atoms with E-state index in [4.69, 9.17) is 14.2 Å². The van der Waals surface area contributed by atoms with Gasteiger partial charge in [-0.1, -0.05) is 28.9 Å². The third kappa shape index (κ3) is 4.27. The van der Waals surface area contributed by atoms with Gasteiger partial charge in [-0.25, -0.2) is 0 Å². The van der Waals surface area contributed by atoms with Gasteiger partial charge in [0.25, 0.3) is 5.91 Å². The van der Waals surface area contributed by atoms with Crippen LogP contribution in [0, 0.1) is 6.92 Å². The van der Waals surface area contributed by atoms with E-state index in [1.54, 1.807) is 4.68 Å². The first-order valence-corrected chi connectivity index (χ1v) is 10.8. The van der Waals surface area contributed by atoms with Gasteiger partial charge in [0.1, 0.15) is 24.0 Å². The number of ether oxygens (including phenoxy) is 3. The molecule has 2 aliphatic heterocycles. The number of fused-ring (bicyclic) bond motifs is 1. The molecular weight excluding hydrogens is 424 g/mol. The first kappa shape index (κ1) is 21.4. The normalized spacial score (nSPS) is 23.8. The molecule has 2 aliphatic rings. The van der Waals surface area contributed by atoms with Crippen LogP contribution in [0.4, 0.5) is 5.69 Å². The Kier molecular flexibility index (Phi) is 5.69. The number of anilines is 1. The summed E-state index contributed by atoms with van der Waals surface area (Å²) in [5, 5.41) is 15.0. The molecule has 2 fully saturated rings. The predicted molar refractivity (Wildman–Crippen MR) is 120 cm³/mol. The first-order valence-electron chi connectivity index (χ1n) is 10.8. The van der Waals surface area contributed by atoms with Crippen molar-refractivity contribution in [1.82, 2.24) is 25.5 Å². The van der Waals surface area contributed by atoms with Gasteiger partial charge in [0.15, 0.2) is 0 Å². The standard InChI is InChI=1S/C23H26N6O4/c1-14-7-9-15(10-8-14)22(30)24-18-12-31-21-19(13-32-20(18)21)29-23(25-26-27-29)33-17-6-4-5-16(11-17)28(2)3/h4-11,18-21H,12-13H2,1-3H3,(H,24,30). The van der Waals surface area contributed by atoms with Gasteiger partial charge in [0.05, 0.1) is 19.3 Å². The van der Waals surface area contributed by atoms with E-state index in [0.717, 1.165) is 11.3 Å². The minimum atomic E-state index is -0.299. The van der Waals surface area contributed by atoms with Gasteiger partial charge in [0.2, 0.25) is 0 Å². The van der Waals surface area contributed by atoms with Crippen LogP contribution in [-0.2, 0) is 9.47 Å². The Morgan fingerprint density at radius 1 is 1.12 bits per heavy atom. The molecule has 1 aromatic heterocycles. The average Bonchev–Trinajstić information content (AvgIpc) is 3.52. The Morgan fingerprint density at radius 3 is 2.70 bits per heavy atom. The predicted octanol–water partition coefficient (Wildman–Crippen LogP) is 1.98. The molecule has 10 nitrogen and oxygen atoms in total. The number of nitrogens with one attached hydrogen (secondary N) is 1. The summed E-state index contributed by atoms with van der Waals surface area (Å²) < 4.78 is 19.6. The second-order valence-electron chi connectivity index (χ2n) is 8.51. The summed E-state index contributed by atoms with van der Waals surface area (Å²) in [7, 11) is 3.93. The molecule has 2 aromatic carbocycles. The maximum atomic E-state index is 12.7. The Balaban J connectivity index is 1.28. The van der Waals surface area contributed by atoms with Crippen molar-refractivity contribution in [3.8, 4) is 11.8 Å². The van der Waals surface area contributed by atoms with Crippen LogP contribution < -0.4 is 15.0 Å². The van der Waals surface area contributed by atoms with Gasteiger partial charge in [-0.2, -0.15) is 4.68 Å². The van der Waals surface area contributed by atoms with Crippen molar-refractivity contribution in [1.29, 1.82) is 0 Å². The smallest absolute Gasteiger partial charge is 0.341 e. The Hall–Kier alpha value is -3.50. The minimum Gasteiger partial charge on any atom is -0.423 e. The van der Waals surface area contributed by atoms with E-state index < -0.39 is 0 Å². The van der Waals surface area contributed by atoms with Crippen LogP contribution in [0.15, 0.2) is 48.5 Å². The molecule has 3 aromatic rings. The number of nitrogens with zero attached hydrogens (tertiary/aromatic N) is 5. The van der Waals surface area contributed by atoms with Crippen molar-refractivity contribution in [3.05, 3.63) is 59.7 Å². The summed E-state index contributed by atoms with van der Waals surface area (Å²) >= 11 is 0. The molecule has 4 atom stereocenters. The fourth-order valence-corrected chi connectivity index (χ4v) is 4.16. The zero-order valence-electron chi connectivity index (χ0n) is 18.7. The molecule has 2 saturated heterocycles. The lowest BCUT2D eigenvalue weighted by atomic mass is 10.1. The number of hydrogen-bond acceptors (Lipinski definition) is 8. The van der Waals surface area contributed by atoms with Crippen molar-refractivity contribution < 1.29 is 19.0 Å². The number of carbonyl (C=O) groups is 1. The van der Waals surface area contributed by atoms with E-state index in [1.807, 2.05) is 74.4 Å². The maximum Gasteiger partial charge on any atom is 0.341 e. The molecule has 33 heavy (non-hydrogen) atoms. The SMILES string of the molecule is Cc1ccc(C(=O)NC2COC3C2OCC3n2nnnc2Oc2cccc(N(C)C)c2)cc1. The molecule has 172 valence electrons. The van der Waals surface area contributed by atoms with Gasteiger partial charge in [-0.3, -0.25) is 4.79 Å². The molecule has 0 aliphatic carbocycles. The van der Waals surface area contributed by atoms with E-state index >= 15 is 0 Å². The highest BCUT2D eigenvalue weighted by Gasteiger charge is 2.50. The van der Waals surface area contributed by atoms with Crippen molar-refractivity contribution in [2.75, 3.05) is 32.2 Å². The third-order valence-corrected chi connectivity index (χ3v) is 5.98. The van der Waals surface area contributed by atoms with Crippen LogP contribution in [0.1, 0.15) is 22.0 Å². The van der Waals surface area contributed by atoms with Gasteiger partial charge in [0, 0.05) is 31.4 Å². The second kappa shape index (κ2) is 8.80. The summed E-state index contributed by atoms with van der Waals surface area (Å²) in [5.74, 6) is 0.479. The zero-order chi connectivity index (χ0) is 22.9. The monoisotopic (exact) mass is 450 g/mol. The number of benzene rings is 2. The van der Waals surface area contributed by atoms with E-state index in [1.165, 1.54) is 0 Å². The lowest BCUT2D eigenvalue weighted by Gasteiger charge is -2.18. The number of tetrazole rings is 1. The van der Waals surface area contributed by atoms with Crippen LogP contribution in [0.5, 0.6) is 11.8 Å². The van der Waals surface area contributed by atoms with Crippen LogP contribution in [0.2, 0.25) is 0 Å². The van der Waals surface area contributed by atoms with E-state index in [0.29, 0.717) is 24.5 Å². The topological polar surface area (TPSA) is 104 Å². The fraction of sp³-hybridized carbons (Fsp3) is 0.391. The van der Waals surface area contributed by atoms with E-state index in [-0.39, 0.29) is 36.2 Å². The molecular formula is C23H26N6O4. The molecule has 5 rings (SSSR count). The third-order valence-electron chi connectivity index (χ3n) is 5.98. The van der Waals surface area contributed by atoms with Gasteiger partial charge < -0.3 is 24.4 Å². The molecule has 1 N–H and O–H groups in total. The van der Waals surface area contributed by atoms with Gasteiger partial charge in [-0.05, 0) is 41.6 Å². The van der Waals surface area contributed by atoms with Crippen molar-refractivity contribution >= 4 is 11.6 Å². The molecule has 0 spiro atoms. The Morgan fingerprint density at radius 2 is 1.91 bits per heavy atom. The molecule has 0 saturated carbocycles. The second-order valence-corrected chi connectivity index (χ2v) is 8.51. The highest BCUT2D eigenvalue weighted by molar-refractivity contribution is 5.94. The van der Waals surface area contributed by atoms with Crippen LogP contribution in [0.3, 0.4) is 0 Å². The number of carbonyl (C=O) groups excluding carboxylic acids is 1. The minimum absolute atomic E-state index is 0.150. The van der Waals surface area contributed by atoms with Crippen LogP contribution in [-0.4, -0.2) is 71.7 Å². The molecule has 4 unspecified atom stereocenters. The maximum absolute atomic E-state index is 12.7. The highest BCUT2D eigenvalue weighted by Crippen LogP contribution is 2.36. The van der Waals surface area contributed by atoms with Crippen LogP contribution in [0.25, 0.3) is 0 Å². The van der Waals surface area contributed by atoms with Crippen molar-refractivity contribution in [2.45, 2.75) is 31.2 Å². The average molecular weight is 450 g/mol. The van der Waals surface area contributed by atoms with Crippen molar-refractivity contribution in [3.63, 3.8) is 0 Å². The lowest BCUT2D eigenvalue weighted by molar-refractivity contribution is 0.0606. The van der Waals surface area contributed by atoms with Crippen LogP contribution >= 0.6 is 0 Å². The molecule has 0 bridgehead atoms. The summed E-state index contributed by atoms with van der Waals surface area (Å²) in [6.45, 7) is 2.69. The number of aryl methyl sites for hydroxylation is 1. The van der Waals surface area contributed by atoms with Gasteiger partial charge in [-0.15, -0.1) is 0 Å². The van der Waals surface area contributed by atoms with Crippen molar-refractivity contribution in [2.24, 2.45) is 0 Å². The summed E-state index contributed by atoms with van der Waals surface area (Å²) in [4.78, 5) is 14.6. The lowest BCUT2D eigenvalue weighted by Crippen LogP contribution is -2.44. The molecule has 3 heterocycles. The summed E-state index contributed by atoms with van der Waals surface area (Å²) in [6.07, 6.45) is -0.592. The molecule has 1 amide bonds. The first-order chi connectivity index (χ1) is 16.0. The molecule has 0 radical (unpaired) electrons. The molecule has 10 heteroatoms. The quantitative estimate of drug-likeness (QED) is 0.608. The number of amides is 1. The summed E-state index contributed by atoms with van der Waals surface area (Å²) in [5.41, 5.74) is 2.71. The Bertz CT molecular complexity index is 1130. The van der Waals surface area contributed by atoms with Gasteiger partial charge >= 0.3 is 6.01 Å². The largest absolute Gasteiger partial charge is 0.423 e.